The van der Waals surface area contributed by atoms with Gasteiger partial charge in [-0.25, -0.2) is 4.79 Å². The average molecular weight is 245 g/mol. The summed E-state index contributed by atoms with van der Waals surface area (Å²) in [7, 11) is 1.44. The van der Waals surface area contributed by atoms with Gasteiger partial charge in [-0.1, -0.05) is 30.3 Å². The number of carbonyl (C=O) groups excluding carboxylic acids is 2. The second kappa shape index (κ2) is 5.63. The zero-order chi connectivity index (χ0) is 13.0. The zero-order valence-corrected chi connectivity index (χ0v) is 10.3. The highest BCUT2D eigenvalue weighted by molar-refractivity contribution is 5.89. The third-order valence-electron chi connectivity index (χ3n) is 3.07. The van der Waals surface area contributed by atoms with Crippen LogP contribution in [0.5, 0.6) is 0 Å². The number of ether oxygens (including phenoxy) is 1. The quantitative estimate of drug-likeness (QED) is 0.750. The molecule has 1 saturated heterocycles. The summed E-state index contributed by atoms with van der Waals surface area (Å²) < 4.78 is 5.08. The summed E-state index contributed by atoms with van der Waals surface area (Å²) in [5, 5.41) is 0. The number of likely N-dealkylation sites (tertiary alicyclic amines) is 1. The second-order valence-corrected chi connectivity index (χ2v) is 4.23. The molecule has 1 fully saturated rings. The normalized spacial score (nSPS) is 19.8. The van der Waals surface area contributed by atoms with Gasteiger partial charge < -0.3 is 9.64 Å². The van der Waals surface area contributed by atoms with E-state index in [9.17, 15) is 9.59 Å². The molecule has 0 radical (unpaired) electrons. The third kappa shape index (κ3) is 2.50. The SMILES string of the molecule is COC1C(=O)CCN(Cc2ccccc2)C1=C=O. The van der Waals surface area contributed by atoms with Crippen molar-refractivity contribution in [2.75, 3.05) is 13.7 Å². The Bertz CT molecular complexity index is 477. The average Bonchev–Trinajstić information content (AvgIpc) is 2.41. The monoisotopic (exact) mass is 245 g/mol. The van der Waals surface area contributed by atoms with Crippen molar-refractivity contribution < 1.29 is 14.3 Å². The van der Waals surface area contributed by atoms with Crippen LogP contribution in [0.1, 0.15) is 12.0 Å². The Labute approximate surface area is 106 Å². The Morgan fingerprint density at radius 2 is 2.11 bits per heavy atom. The van der Waals surface area contributed by atoms with Gasteiger partial charge in [-0.05, 0) is 5.56 Å². The summed E-state index contributed by atoms with van der Waals surface area (Å²) in [5.74, 6) is 1.80. The van der Waals surface area contributed by atoms with Crippen LogP contribution in [0.3, 0.4) is 0 Å². The fraction of sp³-hybridized carbons (Fsp3) is 0.357. The van der Waals surface area contributed by atoms with Crippen LogP contribution in [0.15, 0.2) is 36.0 Å². The van der Waals surface area contributed by atoms with Gasteiger partial charge in [-0.15, -0.1) is 0 Å². The van der Waals surface area contributed by atoms with Crippen LogP contribution >= 0.6 is 0 Å². The van der Waals surface area contributed by atoms with Crippen molar-refractivity contribution in [1.29, 1.82) is 0 Å². The molecule has 1 aliphatic rings. The maximum absolute atomic E-state index is 11.6. The first-order valence-corrected chi connectivity index (χ1v) is 5.85. The number of rotatable bonds is 3. The largest absolute Gasteiger partial charge is 0.367 e. The van der Waals surface area contributed by atoms with E-state index in [-0.39, 0.29) is 5.78 Å². The number of piperidine rings is 1. The van der Waals surface area contributed by atoms with Crippen LogP contribution in [-0.2, 0) is 20.9 Å². The Hall–Kier alpha value is -1.90. The van der Waals surface area contributed by atoms with Crippen LogP contribution in [0.25, 0.3) is 0 Å². The molecule has 1 unspecified atom stereocenters. The molecule has 0 saturated carbocycles. The maximum Gasteiger partial charge on any atom is 0.170 e. The first-order chi connectivity index (χ1) is 8.76. The minimum absolute atomic E-state index is 0.0554. The lowest BCUT2D eigenvalue weighted by molar-refractivity contribution is -0.130. The molecule has 1 aromatic carbocycles. The predicted octanol–water partition coefficient (Wildman–Crippen LogP) is 1.19. The molecule has 0 spiro atoms. The van der Waals surface area contributed by atoms with Crippen molar-refractivity contribution in [2.45, 2.75) is 19.1 Å². The lowest BCUT2D eigenvalue weighted by Crippen LogP contribution is -2.43. The van der Waals surface area contributed by atoms with E-state index >= 15 is 0 Å². The molecule has 1 heterocycles. The molecular weight excluding hydrogens is 230 g/mol. The van der Waals surface area contributed by atoms with E-state index in [1.54, 1.807) is 0 Å². The van der Waals surface area contributed by atoms with Gasteiger partial charge in [-0.3, -0.25) is 4.79 Å². The van der Waals surface area contributed by atoms with Crippen molar-refractivity contribution in [2.24, 2.45) is 0 Å². The number of hydrogen-bond acceptors (Lipinski definition) is 4. The molecule has 1 aliphatic heterocycles. The molecule has 1 aromatic rings. The fourth-order valence-electron chi connectivity index (χ4n) is 2.14. The standard InChI is InChI=1S/C14H15NO3/c1-18-14-12(10-16)15(8-7-13(14)17)9-11-5-3-2-4-6-11/h2-6,14H,7-9H2,1H3. The fourth-order valence-corrected chi connectivity index (χ4v) is 2.14. The molecule has 0 aromatic heterocycles. The minimum Gasteiger partial charge on any atom is -0.367 e. The minimum atomic E-state index is -0.764. The number of Topliss-reactive ketones (excluding diaryl/α,β-unsaturated/α-hetero) is 1. The van der Waals surface area contributed by atoms with Gasteiger partial charge >= 0.3 is 0 Å². The van der Waals surface area contributed by atoms with Gasteiger partial charge in [0.15, 0.2) is 11.9 Å². The first-order valence-electron chi connectivity index (χ1n) is 5.85. The topological polar surface area (TPSA) is 46.6 Å². The summed E-state index contributed by atoms with van der Waals surface area (Å²) in [6, 6.07) is 9.81. The van der Waals surface area contributed by atoms with Crippen molar-refractivity contribution in [3.63, 3.8) is 0 Å². The van der Waals surface area contributed by atoms with Gasteiger partial charge in [0.2, 0.25) is 0 Å². The van der Waals surface area contributed by atoms with E-state index in [1.165, 1.54) is 7.11 Å². The van der Waals surface area contributed by atoms with Gasteiger partial charge in [0.05, 0.1) is 0 Å². The van der Waals surface area contributed by atoms with Crippen molar-refractivity contribution in [3.05, 3.63) is 41.6 Å². The van der Waals surface area contributed by atoms with Gasteiger partial charge in [0, 0.05) is 26.6 Å². The van der Waals surface area contributed by atoms with E-state index in [1.807, 2.05) is 41.2 Å². The molecule has 0 amide bonds. The Morgan fingerprint density at radius 3 is 2.72 bits per heavy atom. The highest BCUT2D eigenvalue weighted by Crippen LogP contribution is 2.21. The van der Waals surface area contributed by atoms with E-state index < -0.39 is 6.10 Å². The number of benzene rings is 1. The van der Waals surface area contributed by atoms with Crippen molar-refractivity contribution >= 4 is 11.7 Å². The van der Waals surface area contributed by atoms with Gasteiger partial charge in [0.1, 0.15) is 11.6 Å². The molecular formula is C14H15NO3. The molecule has 4 heteroatoms. The lowest BCUT2D eigenvalue weighted by atomic mass is 10.0. The number of methoxy groups -OCH3 is 1. The van der Waals surface area contributed by atoms with Gasteiger partial charge in [-0.2, -0.15) is 0 Å². The number of hydrogen-bond donors (Lipinski definition) is 0. The van der Waals surface area contributed by atoms with E-state index in [0.29, 0.717) is 25.2 Å². The van der Waals surface area contributed by atoms with Crippen molar-refractivity contribution in [3.8, 4) is 0 Å². The predicted molar refractivity (Wildman–Crippen MR) is 66.5 cm³/mol. The zero-order valence-electron chi connectivity index (χ0n) is 10.3. The number of ketones is 1. The molecule has 2 rings (SSSR count). The third-order valence-corrected chi connectivity index (χ3v) is 3.07. The highest BCUT2D eigenvalue weighted by Gasteiger charge is 2.32. The van der Waals surface area contributed by atoms with Crippen LogP contribution in [0.2, 0.25) is 0 Å². The molecule has 18 heavy (non-hydrogen) atoms. The Balaban J connectivity index is 2.18. The van der Waals surface area contributed by atoms with Crippen LogP contribution < -0.4 is 0 Å². The molecule has 1 atom stereocenters. The van der Waals surface area contributed by atoms with E-state index in [2.05, 4.69) is 0 Å². The second-order valence-electron chi connectivity index (χ2n) is 4.23. The summed E-state index contributed by atoms with van der Waals surface area (Å²) in [5.41, 5.74) is 1.40. The lowest BCUT2D eigenvalue weighted by Gasteiger charge is -2.33. The molecule has 94 valence electrons. The summed E-state index contributed by atoms with van der Waals surface area (Å²) in [6.45, 7) is 1.14. The number of nitrogens with zero attached hydrogens (tertiary/aromatic N) is 1. The van der Waals surface area contributed by atoms with Gasteiger partial charge in [0.25, 0.3) is 0 Å². The van der Waals surface area contributed by atoms with Crippen LogP contribution in [0, 0.1) is 0 Å². The molecule has 0 N–H and O–H groups in total. The molecule has 0 bridgehead atoms. The van der Waals surface area contributed by atoms with Crippen molar-refractivity contribution in [1.82, 2.24) is 4.90 Å². The summed E-state index contributed by atoms with van der Waals surface area (Å²) in [4.78, 5) is 24.5. The highest BCUT2D eigenvalue weighted by atomic mass is 16.5. The van der Waals surface area contributed by atoms with E-state index in [0.717, 1.165) is 5.56 Å². The molecule has 0 aliphatic carbocycles. The summed E-state index contributed by atoms with van der Waals surface area (Å²) >= 11 is 0. The molecule has 4 nitrogen and oxygen atoms in total. The first kappa shape index (κ1) is 12.6. The number of carbonyl (C=O) groups is 1. The van der Waals surface area contributed by atoms with Crippen LogP contribution in [0.4, 0.5) is 0 Å². The summed E-state index contributed by atoms with van der Waals surface area (Å²) in [6.07, 6.45) is -0.365. The maximum atomic E-state index is 11.6. The smallest absolute Gasteiger partial charge is 0.170 e. The van der Waals surface area contributed by atoms with E-state index in [4.69, 9.17) is 4.74 Å². The van der Waals surface area contributed by atoms with Crippen LogP contribution in [-0.4, -0.2) is 36.4 Å². The Morgan fingerprint density at radius 1 is 1.39 bits per heavy atom. The Kier molecular flexibility index (Phi) is 3.92.